The lowest BCUT2D eigenvalue weighted by Crippen LogP contribution is -2.18. The lowest BCUT2D eigenvalue weighted by molar-refractivity contribution is -0.113. The number of amides is 1. The summed E-state index contributed by atoms with van der Waals surface area (Å²) in [7, 11) is 0. The van der Waals surface area contributed by atoms with E-state index >= 15 is 0 Å². The fourth-order valence-corrected chi connectivity index (χ4v) is 5.49. The van der Waals surface area contributed by atoms with Crippen LogP contribution in [-0.4, -0.2) is 36.3 Å². The van der Waals surface area contributed by atoms with Gasteiger partial charge in [0, 0.05) is 10.6 Å². The Morgan fingerprint density at radius 1 is 1.33 bits per heavy atom. The molecule has 1 aliphatic rings. The molecule has 11 heteroatoms. The number of nitrogens with zero attached hydrogens (tertiary/aromatic N) is 6. The number of fused-ring (bicyclic) bond motifs is 1. The van der Waals surface area contributed by atoms with Gasteiger partial charge in [-0.15, -0.1) is 21.5 Å². The second-order valence-electron chi connectivity index (χ2n) is 7.21. The third kappa shape index (κ3) is 3.93. The molecule has 3 aromatic rings. The third-order valence-corrected chi connectivity index (χ3v) is 7.11. The quantitative estimate of drug-likeness (QED) is 0.353. The van der Waals surface area contributed by atoms with E-state index in [0.717, 1.165) is 42.6 Å². The molecule has 1 aliphatic carbocycles. The summed E-state index contributed by atoms with van der Waals surface area (Å²) in [5.41, 5.74) is 3.47. The van der Waals surface area contributed by atoms with Gasteiger partial charge in [-0.05, 0) is 51.2 Å². The van der Waals surface area contributed by atoms with Crippen LogP contribution in [0.1, 0.15) is 46.7 Å². The summed E-state index contributed by atoms with van der Waals surface area (Å²) in [5, 5.41) is 26.1. The molecule has 0 aromatic carbocycles. The molecule has 0 fully saturated rings. The summed E-state index contributed by atoms with van der Waals surface area (Å²) in [6.07, 6.45) is 5.29. The van der Waals surface area contributed by atoms with Crippen molar-refractivity contribution in [2.24, 2.45) is 0 Å². The Morgan fingerprint density at radius 2 is 2.13 bits per heavy atom. The first kappa shape index (κ1) is 20.4. The molecule has 0 radical (unpaired) electrons. The maximum atomic E-state index is 12.5. The average molecular weight is 443 g/mol. The Bertz CT molecular complexity index is 1140. The highest BCUT2D eigenvalue weighted by molar-refractivity contribution is 7.99. The molecule has 0 unspecified atom stereocenters. The standard InChI is InChI=1S/C19H22N8OS2/c1-11-8-12(2)27(25-11)18-23-24-19(26(18)21)29-10-16(28)22-17-14(9-20)13-6-4-3-5-7-15(13)30-17/h8H,3-7,10,21H2,1-2H3,(H,22,28). The van der Waals surface area contributed by atoms with Crippen LogP contribution in [0.5, 0.6) is 0 Å². The number of thiophene rings is 1. The first-order valence-corrected chi connectivity index (χ1v) is 11.5. The zero-order chi connectivity index (χ0) is 21.3. The zero-order valence-electron chi connectivity index (χ0n) is 16.8. The van der Waals surface area contributed by atoms with Crippen molar-refractivity contribution < 1.29 is 4.79 Å². The van der Waals surface area contributed by atoms with Crippen molar-refractivity contribution >= 4 is 34.0 Å². The number of thioether (sulfide) groups is 1. The van der Waals surface area contributed by atoms with Gasteiger partial charge in [-0.1, -0.05) is 18.2 Å². The molecule has 3 heterocycles. The second-order valence-corrected chi connectivity index (χ2v) is 9.26. The van der Waals surface area contributed by atoms with Crippen LogP contribution in [0.25, 0.3) is 5.95 Å². The predicted molar refractivity (Wildman–Crippen MR) is 116 cm³/mol. The minimum absolute atomic E-state index is 0.111. The fourth-order valence-electron chi connectivity index (χ4n) is 3.59. The van der Waals surface area contributed by atoms with Crippen molar-refractivity contribution in [3.63, 3.8) is 0 Å². The number of aromatic nitrogens is 5. The predicted octanol–water partition coefficient (Wildman–Crippen LogP) is 2.73. The molecule has 0 aliphatic heterocycles. The third-order valence-electron chi connectivity index (χ3n) is 4.96. The molecule has 9 nitrogen and oxygen atoms in total. The van der Waals surface area contributed by atoms with E-state index in [9.17, 15) is 10.1 Å². The van der Waals surface area contributed by atoms with Crippen molar-refractivity contribution in [3.8, 4) is 12.0 Å². The van der Waals surface area contributed by atoms with Crippen LogP contribution in [0.15, 0.2) is 11.2 Å². The molecule has 0 saturated carbocycles. The molecule has 0 atom stereocenters. The first-order chi connectivity index (χ1) is 14.5. The number of hydrogen-bond donors (Lipinski definition) is 2. The van der Waals surface area contributed by atoms with Crippen LogP contribution >= 0.6 is 23.1 Å². The molecule has 0 bridgehead atoms. The summed E-state index contributed by atoms with van der Waals surface area (Å²) in [6, 6.07) is 4.20. The maximum Gasteiger partial charge on any atom is 0.271 e. The summed E-state index contributed by atoms with van der Waals surface area (Å²) in [4.78, 5) is 13.8. The fraction of sp³-hybridized carbons (Fsp3) is 0.421. The van der Waals surface area contributed by atoms with Crippen molar-refractivity contribution in [2.75, 3.05) is 16.9 Å². The normalized spacial score (nSPS) is 13.5. The van der Waals surface area contributed by atoms with Gasteiger partial charge in [0.25, 0.3) is 5.95 Å². The molecule has 0 saturated heterocycles. The summed E-state index contributed by atoms with van der Waals surface area (Å²) in [6.45, 7) is 3.80. The van der Waals surface area contributed by atoms with Crippen LogP contribution in [0.3, 0.4) is 0 Å². The van der Waals surface area contributed by atoms with Crippen molar-refractivity contribution in [1.82, 2.24) is 24.7 Å². The van der Waals surface area contributed by atoms with Crippen LogP contribution in [-0.2, 0) is 17.6 Å². The SMILES string of the molecule is Cc1cc(C)n(-c2nnc(SCC(=O)Nc3sc4c(c3C#N)CCCCC4)n2N)n1. The minimum atomic E-state index is -0.205. The van der Waals surface area contributed by atoms with E-state index in [4.69, 9.17) is 5.84 Å². The average Bonchev–Trinajstić information content (AvgIpc) is 3.28. The van der Waals surface area contributed by atoms with E-state index < -0.39 is 0 Å². The lowest BCUT2D eigenvalue weighted by atomic mass is 10.1. The lowest BCUT2D eigenvalue weighted by Gasteiger charge is -2.05. The number of carbonyl (C=O) groups is 1. The Kier molecular flexibility index (Phi) is 5.78. The summed E-state index contributed by atoms with van der Waals surface area (Å²) >= 11 is 2.71. The molecule has 156 valence electrons. The number of carbonyl (C=O) groups excluding carboxylic acids is 1. The van der Waals surface area contributed by atoms with Gasteiger partial charge in [-0.3, -0.25) is 4.79 Å². The van der Waals surface area contributed by atoms with E-state index in [1.54, 1.807) is 4.68 Å². The molecular formula is C19H22N8OS2. The number of nitrogen functional groups attached to an aromatic ring is 1. The molecule has 30 heavy (non-hydrogen) atoms. The van der Waals surface area contributed by atoms with Gasteiger partial charge >= 0.3 is 0 Å². The largest absolute Gasteiger partial charge is 0.334 e. The van der Waals surface area contributed by atoms with Gasteiger partial charge < -0.3 is 11.2 Å². The highest BCUT2D eigenvalue weighted by atomic mass is 32.2. The highest BCUT2D eigenvalue weighted by Crippen LogP contribution is 2.37. The van der Waals surface area contributed by atoms with Crippen molar-refractivity contribution in [3.05, 3.63) is 33.5 Å². The van der Waals surface area contributed by atoms with Crippen LogP contribution in [0.4, 0.5) is 5.00 Å². The van der Waals surface area contributed by atoms with Crippen molar-refractivity contribution in [1.29, 1.82) is 5.26 Å². The number of anilines is 1. The number of aryl methyl sites for hydroxylation is 3. The Hall–Kier alpha value is -2.84. The molecule has 4 rings (SSSR count). The molecule has 3 N–H and O–H groups in total. The Labute approximate surface area is 182 Å². The van der Waals surface area contributed by atoms with Gasteiger partial charge in [0.15, 0.2) is 0 Å². The zero-order valence-corrected chi connectivity index (χ0v) is 18.4. The Morgan fingerprint density at radius 3 is 2.87 bits per heavy atom. The number of nitrogens with two attached hydrogens (primary N) is 1. The highest BCUT2D eigenvalue weighted by Gasteiger charge is 2.22. The number of rotatable bonds is 5. The van der Waals surface area contributed by atoms with Gasteiger partial charge in [-0.25, -0.2) is 9.36 Å². The number of nitriles is 1. The maximum absolute atomic E-state index is 12.5. The summed E-state index contributed by atoms with van der Waals surface area (Å²) < 4.78 is 2.94. The van der Waals surface area contributed by atoms with Gasteiger partial charge in [0.05, 0.1) is 17.0 Å². The van der Waals surface area contributed by atoms with E-state index in [1.807, 2.05) is 19.9 Å². The van der Waals surface area contributed by atoms with E-state index in [1.165, 1.54) is 39.1 Å². The van der Waals surface area contributed by atoms with E-state index in [-0.39, 0.29) is 11.7 Å². The second kappa shape index (κ2) is 8.49. The number of hydrogen-bond acceptors (Lipinski definition) is 8. The Balaban J connectivity index is 1.44. The van der Waals surface area contributed by atoms with Crippen LogP contribution in [0.2, 0.25) is 0 Å². The van der Waals surface area contributed by atoms with Crippen LogP contribution in [0, 0.1) is 25.2 Å². The smallest absolute Gasteiger partial charge is 0.271 e. The summed E-state index contributed by atoms with van der Waals surface area (Å²) in [5.74, 6) is 6.41. The van der Waals surface area contributed by atoms with E-state index in [0.29, 0.717) is 21.7 Å². The van der Waals surface area contributed by atoms with Crippen LogP contribution < -0.4 is 11.2 Å². The van der Waals surface area contributed by atoms with Crippen molar-refractivity contribution in [2.45, 2.75) is 51.1 Å². The number of nitrogens with one attached hydrogen (secondary N) is 1. The van der Waals surface area contributed by atoms with Gasteiger partial charge in [0.1, 0.15) is 11.1 Å². The van der Waals surface area contributed by atoms with Gasteiger partial charge in [0.2, 0.25) is 11.1 Å². The molecular weight excluding hydrogens is 420 g/mol. The molecule has 3 aromatic heterocycles. The monoisotopic (exact) mass is 442 g/mol. The van der Waals surface area contributed by atoms with Gasteiger partial charge in [-0.2, -0.15) is 10.4 Å². The molecule has 0 spiro atoms. The minimum Gasteiger partial charge on any atom is -0.334 e. The first-order valence-electron chi connectivity index (χ1n) is 9.69. The van der Waals surface area contributed by atoms with E-state index in [2.05, 4.69) is 26.7 Å². The topological polar surface area (TPSA) is 127 Å². The molecule has 1 amide bonds.